The summed E-state index contributed by atoms with van der Waals surface area (Å²) in [5.41, 5.74) is 5.69. The molecule has 29 heavy (non-hydrogen) atoms. The van der Waals surface area contributed by atoms with Gasteiger partial charge in [0, 0.05) is 18.7 Å². The fraction of sp³-hybridized carbons (Fsp3) is 0.375. The Morgan fingerprint density at radius 2 is 1.62 bits per heavy atom. The van der Waals surface area contributed by atoms with Gasteiger partial charge in [0.15, 0.2) is 0 Å². The quantitative estimate of drug-likeness (QED) is 0.692. The Hall–Kier alpha value is -2.95. The SMILES string of the molecule is O=C(CCN1C(=O)[C@H]2CCCC[C@H]2C1=O)Nc1ccc2c(c1)-c1ccccc1C2. The summed E-state index contributed by atoms with van der Waals surface area (Å²) < 4.78 is 0. The van der Waals surface area contributed by atoms with Crippen LogP contribution in [0, 0.1) is 11.8 Å². The molecule has 0 bridgehead atoms. The zero-order valence-corrected chi connectivity index (χ0v) is 16.3. The fourth-order valence-corrected chi connectivity index (χ4v) is 5.09. The molecule has 0 spiro atoms. The monoisotopic (exact) mass is 388 g/mol. The van der Waals surface area contributed by atoms with Gasteiger partial charge in [0.1, 0.15) is 0 Å². The standard InChI is InChI=1S/C24H24N2O3/c27-22(11-12-26-23(28)19-7-3-4-8-20(19)24(26)29)25-17-10-9-16-13-15-5-1-2-6-18(15)21(16)14-17/h1-2,5-6,9-10,14,19-20H,3-4,7-8,11-13H2,(H,25,27)/t19-,20+. The van der Waals surface area contributed by atoms with Crippen LogP contribution in [-0.4, -0.2) is 29.2 Å². The van der Waals surface area contributed by atoms with Crippen LogP contribution in [0.3, 0.4) is 0 Å². The third-order valence-electron chi connectivity index (χ3n) is 6.58. The van der Waals surface area contributed by atoms with Gasteiger partial charge in [-0.05, 0) is 53.6 Å². The number of amides is 3. The van der Waals surface area contributed by atoms with Gasteiger partial charge in [0.25, 0.3) is 0 Å². The second-order valence-electron chi connectivity index (χ2n) is 8.33. The Bertz CT molecular complexity index is 989. The average molecular weight is 388 g/mol. The van der Waals surface area contributed by atoms with E-state index in [1.165, 1.54) is 21.6 Å². The minimum absolute atomic E-state index is 0.0818. The van der Waals surface area contributed by atoms with Gasteiger partial charge >= 0.3 is 0 Å². The molecule has 2 aliphatic carbocycles. The molecule has 0 unspecified atom stereocenters. The molecule has 5 rings (SSSR count). The summed E-state index contributed by atoms with van der Waals surface area (Å²) in [5, 5.41) is 2.93. The molecule has 1 N–H and O–H groups in total. The van der Waals surface area contributed by atoms with E-state index in [0.29, 0.717) is 0 Å². The first kappa shape index (κ1) is 18.1. The summed E-state index contributed by atoms with van der Waals surface area (Å²) in [5.74, 6) is -0.651. The predicted molar refractivity (Wildman–Crippen MR) is 110 cm³/mol. The van der Waals surface area contributed by atoms with Gasteiger partial charge in [0.2, 0.25) is 17.7 Å². The molecule has 5 heteroatoms. The lowest BCUT2D eigenvalue weighted by molar-refractivity contribution is -0.140. The molecule has 2 aromatic rings. The molecule has 148 valence electrons. The number of imide groups is 1. The van der Waals surface area contributed by atoms with E-state index in [-0.39, 0.29) is 42.5 Å². The van der Waals surface area contributed by atoms with Crippen LogP contribution < -0.4 is 5.32 Å². The smallest absolute Gasteiger partial charge is 0.233 e. The predicted octanol–water partition coefficient (Wildman–Crippen LogP) is 3.76. The molecule has 3 amide bonds. The van der Waals surface area contributed by atoms with Crippen molar-refractivity contribution >= 4 is 23.4 Å². The van der Waals surface area contributed by atoms with E-state index in [1.807, 2.05) is 24.3 Å². The Kier molecular flexibility index (Phi) is 4.46. The van der Waals surface area contributed by atoms with Crippen molar-refractivity contribution in [3.05, 3.63) is 53.6 Å². The number of anilines is 1. The summed E-state index contributed by atoms with van der Waals surface area (Å²) in [6.45, 7) is 0.171. The highest BCUT2D eigenvalue weighted by Gasteiger charge is 2.47. The number of benzene rings is 2. The molecule has 1 saturated carbocycles. The van der Waals surface area contributed by atoms with Crippen molar-refractivity contribution in [2.75, 3.05) is 11.9 Å². The molecule has 2 aromatic carbocycles. The topological polar surface area (TPSA) is 66.5 Å². The van der Waals surface area contributed by atoms with Crippen LogP contribution in [0.15, 0.2) is 42.5 Å². The van der Waals surface area contributed by atoms with Crippen LogP contribution in [0.1, 0.15) is 43.2 Å². The Morgan fingerprint density at radius 3 is 2.38 bits per heavy atom. The van der Waals surface area contributed by atoms with Gasteiger partial charge in [-0.2, -0.15) is 0 Å². The van der Waals surface area contributed by atoms with E-state index in [1.54, 1.807) is 0 Å². The maximum absolute atomic E-state index is 12.5. The van der Waals surface area contributed by atoms with E-state index in [2.05, 4.69) is 23.5 Å². The van der Waals surface area contributed by atoms with Crippen molar-refractivity contribution in [2.24, 2.45) is 11.8 Å². The van der Waals surface area contributed by atoms with Gasteiger partial charge in [0.05, 0.1) is 11.8 Å². The van der Waals surface area contributed by atoms with Crippen LogP contribution in [0.25, 0.3) is 11.1 Å². The number of hydrogen-bond donors (Lipinski definition) is 1. The first-order valence-corrected chi connectivity index (χ1v) is 10.5. The molecule has 1 aliphatic heterocycles. The van der Waals surface area contributed by atoms with Gasteiger partial charge in [-0.25, -0.2) is 0 Å². The summed E-state index contributed by atoms with van der Waals surface area (Å²) in [7, 11) is 0. The van der Waals surface area contributed by atoms with Crippen LogP contribution in [0.2, 0.25) is 0 Å². The van der Waals surface area contributed by atoms with Gasteiger partial charge in [-0.1, -0.05) is 43.2 Å². The summed E-state index contributed by atoms with van der Waals surface area (Å²) in [6.07, 6.45) is 4.67. The highest BCUT2D eigenvalue weighted by molar-refractivity contribution is 6.05. The van der Waals surface area contributed by atoms with Gasteiger partial charge in [-0.3, -0.25) is 19.3 Å². The van der Waals surface area contributed by atoms with Crippen molar-refractivity contribution in [1.29, 1.82) is 0 Å². The number of hydrogen-bond acceptors (Lipinski definition) is 3. The summed E-state index contributed by atoms with van der Waals surface area (Å²) in [4.78, 5) is 38.9. The molecule has 0 aromatic heterocycles. The van der Waals surface area contributed by atoms with Crippen molar-refractivity contribution in [2.45, 2.75) is 38.5 Å². The fourth-order valence-electron chi connectivity index (χ4n) is 5.09. The highest BCUT2D eigenvalue weighted by atomic mass is 16.2. The van der Waals surface area contributed by atoms with E-state index in [4.69, 9.17) is 0 Å². The van der Waals surface area contributed by atoms with E-state index < -0.39 is 0 Å². The number of likely N-dealkylation sites (tertiary alicyclic amines) is 1. The lowest BCUT2D eigenvalue weighted by atomic mass is 9.81. The molecular formula is C24H24N2O3. The Balaban J connectivity index is 1.23. The molecule has 1 heterocycles. The zero-order chi connectivity index (χ0) is 20.0. The van der Waals surface area contributed by atoms with Crippen molar-refractivity contribution in [1.82, 2.24) is 4.90 Å². The molecule has 2 fully saturated rings. The normalized spacial score (nSPS) is 22.3. The maximum atomic E-state index is 12.5. The minimum Gasteiger partial charge on any atom is -0.326 e. The van der Waals surface area contributed by atoms with Crippen molar-refractivity contribution in [3.63, 3.8) is 0 Å². The molecule has 2 atom stereocenters. The highest BCUT2D eigenvalue weighted by Crippen LogP contribution is 2.39. The lowest BCUT2D eigenvalue weighted by Gasteiger charge is -2.19. The van der Waals surface area contributed by atoms with E-state index in [9.17, 15) is 14.4 Å². The van der Waals surface area contributed by atoms with Gasteiger partial charge in [-0.15, -0.1) is 0 Å². The molecule has 3 aliphatic rings. The molecule has 1 saturated heterocycles. The number of nitrogens with zero attached hydrogens (tertiary/aromatic N) is 1. The second-order valence-corrected chi connectivity index (χ2v) is 8.33. The Labute approximate surface area is 170 Å². The van der Waals surface area contributed by atoms with Crippen molar-refractivity contribution < 1.29 is 14.4 Å². The zero-order valence-electron chi connectivity index (χ0n) is 16.3. The number of rotatable bonds is 4. The second kappa shape index (κ2) is 7.14. The lowest BCUT2D eigenvalue weighted by Crippen LogP contribution is -2.34. The number of carbonyl (C=O) groups is 3. The number of fused-ring (bicyclic) bond motifs is 4. The van der Waals surface area contributed by atoms with E-state index >= 15 is 0 Å². The summed E-state index contributed by atoms with van der Waals surface area (Å²) in [6, 6.07) is 14.3. The largest absolute Gasteiger partial charge is 0.326 e. The molecule has 0 radical (unpaired) electrons. The maximum Gasteiger partial charge on any atom is 0.233 e. The van der Waals surface area contributed by atoms with Crippen LogP contribution in [0.5, 0.6) is 0 Å². The molecule has 5 nitrogen and oxygen atoms in total. The first-order chi connectivity index (χ1) is 14.1. The van der Waals surface area contributed by atoms with E-state index in [0.717, 1.165) is 43.4 Å². The van der Waals surface area contributed by atoms with Crippen LogP contribution in [-0.2, 0) is 20.8 Å². The minimum atomic E-state index is -0.174. The molecular weight excluding hydrogens is 364 g/mol. The van der Waals surface area contributed by atoms with Crippen LogP contribution >= 0.6 is 0 Å². The Morgan fingerprint density at radius 1 is 0.931 bits per heavy atom. The number of nitrogens with one attached hydrogen (secondary N) is 1. The van der Waals surface area contributed by atoms with Crippen LogP contribution in [0.4, 0.5) is 5.69 Å². The van der Waals surface area contributed by atoms with Gasteiger partial charge < -0.3 is 5.32 Å². The average Bonchev–Trinajstić information content (AvgIpc) is 3.22. The summed E-state index contributed by atoms with van der Waals surface area (Å²) >= 11 is 0. The number of carbonyl (C=O) groups excluding carboxylic acids is 3. The third-order valence-corrected chi connectivity index (χ3v) is 6.58. The first-order valence-electron chi connectivity index (χ1n) is 10.5. The third kappa shape index (κ3) is 3.15. The van der Waals surface area contributed by atoms with Crippen molar-refractivity contribution in [3.8, 4) is 11.1 Å².